The molecule has 0 amide bonds. The molecule has 1 heterocycles. The van der Waals surface area contributed by atoms with Crippen molar-refractivity contribution in [2.45, 2.75) is 33.2 Å². The van der Waals surface area contributed by atoms with Gasteiger partial charge in [-0.15, -0.1) is 0 Å². The van der Waals surface area contributed by atoms with Crippen LogP contribution >= 0.6 is 0 Å². The van der Waals surface area contributed by atoms with Crippen LogP contribution in [0.3, 0.4) is 0 Å². The maximum atomic E-state index is 11.3. The average molecular weight is 237 g/mol. The second kappa shape index (κ2) is 6.18. The van der Waals surface area contributed by atoms with Crippen LogP contribution in [0.5, 0.6) is 0 Å². The number of rotatable bonds is 5. The quantitative estimate of drug-likeness (QED) is 0.794. The third kappa shape index (κ3) is 3.69. The Labute approximate surface area is 102 Å². The summed E-state index contributed by atoms with van der Waals surface area (Å²) in [5, 5.41) is 3.23. The summed E-state index contributed by atoms with van der Waals surface area (Å²) in [5.74, 6) is 0.650. The highest BCUT2D eigenvalue weighted by Gasteiger charge is 2.12. The molecule has 1 aromatic heterocycles. The maximum absolute atomic E-state index is 11.3. The van der Waals surface area contributed by atoms with Crippen LogP contribution < -0.4 is 5.32 Å². The van der Waals surface area contributed by atoms with Gasteiger partial charge in [-0.2, -0.15) is 0 Å². The minimum Gasteiger partial charge on any atom is -0.464 e. The molecule has 2 unspecified atom stereocenters. The van der Waals surface area contributed by atoms with Crippen LogP contribution in [0.15, 0.2) is 12.4 Å². The molecule has 5 nitrogen and oxygen atoms in total. The van der Waals surface area contributed by atoms with Crippen molar-refractivity contribution in [3.05, 3.63) is 18.1 Å². The molecule has 0 aliphatic carbocycles. The zero-order valence-corrected chi connectivity index (χ0v) is 10.7. The maximum Gasteiger partial charge on any atom is 0.358 e. The van der Waals surface area contributed by atoms with Crippen molar-refractivity contribution < 1.29 is 9.53 Å². The van der Waals surface area contributed by atoms with Crippen molar-refractivity contribution in [3.63, 3.8) is 0 Å². The Morgan fingerprint density at radius 1 is 1.47 bits per heavy atom. The van der Waals surface area contributed by atoms with Gasteiger partial charge in [-0.3, -0.25) is 4.98 Å². The van der Waals surface area contributed by atoms with Gasteiger partial charge in [0.1, 0.15) is 5.82 Å². The van der Waals surface area contributed by atoms with Crippen LogP contribution in [0.2, 0.25) is 0 Å². The molecule has 0 bridgehead atoms. The Hall–Kier alpha value is -1.65. The molecular formula is C12H19N3O2. The zero-order chi connectivity index (χ0) is 12.8. The van der Waals surface area contributed by atoms with Crippen molar-refractivity contribution in [1.82, 2.24) is 9.97 Å². The molecular weight excluding hydrogens is 218 g/mol. The van der Waals surface area contributed by atoms with E-state index in [4.69, 9.17) is 0 Å². The van der Waals surface area contributed by atoms with E-state index < -0.39 is 5.97 Å². The summed E-state index contributed by atoms with van der Waals surface area (Å²) in [6.45, 7) is 6.38. The van der Waals surface area contributed by atoms with Gasteiger partial charge in [0, 0.05) is 6.04 Å². The second-order valence-corrected chi connectivity index (χ2v) is 4.10. The summed E-state index contributed by atoms with van der Waals surface area (Å²) < 4.78 is 4.60. The van der Waals surface area contributed by atoms with Gasteiger partial charge < -0.3 is 10.1 Å². The number of hydrogen-bond donors (Lipinski definition) is 1. The summed E-state index contributed by atoms with van der Waals surface area (Å²) in [4.78, 5) is 19.4. The highest BCUT2D eigenvalue weighted by Crippen LogP contribution is 2.12. The van der Waals surface area contributed by atoms with Crippen molar-refractivity contribution >= 4 is 11.8 Å². The number of methoxy groups -OCH3 is 1. The lowest BCUT2D eigenvalue weighted by Crippen LogP contribution is -2.24. The molecule has 17 heavy (non-hydrogen) atoms. The van der Waals surface area contributed by atoms with Gasteiger partial charge in [0.05, 0.1) is 19.5 Å². The summed E-state index contributed by atoms with van der Waals surface area (Å²) in [6, 6.07) is 0.280. The topological polar surface area (TPSA) is 64.1 Å². The van der Waals surface area contributed by atoms with Crippen LogP contribution in [0.25, 0.3) is 0 Å². The molecule has 1 N–H and O–H groups in total. The molecule has 0 saturated carbocycles. The summed E-state index contributed by atoms with van der Waals surface area (Å²) in [5.41, 5.74) is 0.217. The fourth-order valence-electron chi connectivity index (χ4n) is 1.37. The number of anilines is 1. The van der Waals surface area contributed by atoms with E-state index in [2.05, 4.69) is 40.8 Å². The van der Waals surface area contributed by atoms with Crippen LogP contribution in [-0.4, -0.2) is 29.1 Å². The number of carbonyl (C=O) groups excluding carboxylic acids is 1. The number of nitrogens with zero attached hydrogens (tertiary/aromatic N) is 2. The van der Waals surface area contributed by atoms with E-state index in [1.807, 2.05) is 0 Å². The van der Waals surface area contributed by atoms with Crippen molar-refractivity contribution in [2.24, 2.45) is 5.92 Å². The van der Waals surface area contributed by atoms with Gasteiger partial charge >= 0.3 is 5.97 Å². The first-order valence-corrected chi connectivity index (χ1v) is 5.75. The Morgan fingerprint density at radius 2 is 2.18 bits per heavy atom. The van der Waals surface area contributed by atoms with Gasteiger partial charge in [0.2, 0.25) is 0 Å². The van der Waals surface area contributed by atoms with Gasteiger partial charge in [0.15, 0.2) is 5.69 Å². The van der Waals surface area contributed by atoms with E-state index in [9.17, 15) is 4.79 Å². The fraction of sp³-hybridized carbons (Fsp3) is 0.583. The first-order chi connectivity index (χ1) is 8.08. The first-order valence-electron chi connectivity index (χ1n) is 5.75. The molecule has 0 spiro atoms. The van der Waals surface area contributed by atoms with Gasteiger partial charge in [0.25, 0.3) is 0 Å². The summed E-state index contributed by atoms with van der Waals surface area (Å²) in [6.07, 6.45) is 4.08. The van der Waals surface area contributed by atoms with E-state index in [0.29, 0.717) is 11.7 Å². The lowest BCUT2D eigenvalue weighted by Gasteiger charge is -2.20. The number of nitrogens with one attached hydrogen (secondary N) is 1. The number of esters is 1. The van der Waals surface area contributed by atoms with Gasteiger partial charge in [-0.25, -0.2) is 9.78 Å². The van der Waals surface area contributed by atoms with E-state index in [-0.39, 0.29) is 11.7 Å². The predicted molar refractivity (Wildman–Crippen MR) is 65.9 cm³/mol. The predicted octanol–water partition coefficient (Wildman–Crippen LogP) is 2.11. The Morgan fingerprint density at radius 3 is 2.76 bits per heavy atom. The molecule has 0 aliphatic heterocycles. The molecule has 5 heteroatoms. The lowest BCUT2D eigenvalue weighted by molar-refractivity contribution is 0.0593. The molecule has 0 aliphatic rings. The smallest absolute Gasteiger partial charge is 0.358 e. The highest BCUT2D eigenvalue weighted by atomic mass is 16.5. The first kappa shape index (κ1) is 13.4. The average Bonchev–Trinajstić information content (AvgIpc) is 2.37. The monoisotopic (exact) mass is 237 g/mol. The number of carbonyl (C=O) groups is 1. The molecule has 2 atom stereocenters. The van der Waals surface area contributed by atoms with Crippen molar-refractivity contribution in [2.75, 3.05) is 12.4 Å². The van der Waals surface area contributed by atoms with Gasteiger partial charge in [-0.05, 0) is 12.8 Å². The van der Waals surface area contributed by atoms with E-state index in [1.165, 1.54) is 13.3 Å². The standard InChI is InChI=1S/C12H19N3O2/c1-5-8(2)9(3)14-11-7-13-6-10(15-11)12(16)17-4/h6-9H,5H2,1-4H3,(H,14,15). The second-order valence-electron chi connectivity index (χ2n) is 4.10. The van der Waals surface area contributed by atoms with E-state index in [0.717, 1.165) is 6.42 Å². The highest BCUT2D eigenvalue weighted by molar-refractivity contribution is 5.87. The van der Waals surface area contributed by atoms with Gasteiger partial charge in [-0.1, -0.05) is 20.3 Å². The third-order valence-corrected chi connectivity index (χ3v) is 2.90. The molecule has 1 aromatic rings. The zero-order valence-electron chi connectivity index (χ0n) is 10.7. The molecule has 94 valence electrons. The number of ether oxygens (including phenoxy) is 1. The van der Waals surface area contributed by atoms with Crippen LogP contribution in [0.1, 0.15) is 37.7 Å². The third-order valence-electron chi connectivity index (χ3n) is 2.90. The molecule has 1 rings (SSSR count). The Balaban J connectivity index is 2.75. The van der Waals surface area contributed by atoms with Crippen LogP contribution in [0, 0.1) is 5.92 Å². The molecule has 0 aromatic carbocycles. The molecule has 0 fully saturated rings. The molecule has 0 saturated heterocycles. The van der Waals surface area contributed by atoms with Crippen molar-refractivity contribution in [1.29, 1.82) is 0 Å². The summed E-state index contributed by atoms with van der Waals surface area (Å²) >= 11 is 0. The van der Waals surface area contributed by atoms with E-state index in [1.54, 1.807) is 6.20 Å². The lowest BCUT2D eigenvalue weighted by atomic mass is 10.0. The largest absolute Gasteiger partial charge is 0.464 e. The number of hydrogen-bond acceptors (Lipinski definition) is 5. The van der Waals surface area contributed by atoms with Crippen molar-refractivity contribution in [3.8, 4) is 0 Å². The molecule has 0 radical (unpaired) electrons. The van der Waals surface area contributed by atoms with E-state index >= 15 is 0 Å². The summed E-state index contributed by atoms with van der Waals surface area (Å²) in [7, 11) is 1.33. The Bertz CT molecular complexity index is 382. The number of aromatic nitrogens is 2. The minimum atomic E-state index is -0.475. The van der Waals surface area contributed by atoms with Crippen LogP contribution in [-0.2, 0) is 4.74 Å². The minimum absolute atomic E-state index is 0.217. The van der Waals surface area contributed by atoms with Crippen LogP contribution in [0.4, 0.5) is 5.82 Å². The fourth-order valence-corrected chi connectivity index (χ4v) is 1.37. The SMILES string of the molecule is CCC(C)C(C)Nc1cncc(C(=O)OC)n1. The normalized spacial score (nSPS) is 13.9. The Kier molecular flexibility index (Phi) is 4.87.